The molecule has 86 valence electrons. The highest BCUT2D eigenvalue weighted by Crippen LogP contribution is 2.21. The van der Waals surface area contributed by atoms with Gasteiger partial charge in [-0.2, -0.15) is 5.26 Å². The molecule has 1 aromatic heterocycles. The number of nitriles is 1. The summed E-state index contributed by atoms with van der Waals surface area (Å²) in [5.74, 6) is 0.812. The van der Waals surface area contributed by atoms with Crippen molar-refractivity contribution in [3.63, 3.8) is 0 Å². The van der Waals surface area contributed by atoms with E-state index in [1.165, 1.54) is 0 Å². The first-order valence-corrected chi connectivity index (χ1v) is 5.33. The van der Waals surface area contributed by atoms with Gasteiger partial charge in [-0.25, -0.2) is 4.98 Å². The van der Waals surface area contributed by atoms with Crippen molar-refractivity contribution in [1.82, 2.24) is 9.55 Å². The molecule has 0 saturated heterocycles. The molecule has 0 unspecified atom stereocenters. The van der Waals surface area contributed by atoms with Gasteiger partial charge in [-0.3, -0.25) is 0 Å². The van der Waals surface area contributed by atoms with Gasteiger partial charge < -0.3 is 9.47 Å². The molecule has 17 heavy (non-hydrogen) atoms. The lowest BCUT2D eigenvalue weighted by molar-refractivity contribution is 0.907. The summed E-state index contributed by atoms with van der Waals surface area (Å²) in [7, 11) is 5.86. The number of nitrogens with zero attached hydrogens (tertiary/aromatic N) is 4. The Bertz CT molecular complexity index is 558. The van der Waals surface area contributed by atoms with Crippen LogP contribution in [0, 0.1) is 11.3 Å². The Kier molecular flexibility index (Phi) is 2.84. The largest absolute Gasteiger partial charge is 0.378 e. The van der Waals surface area contributed by atoms with Gasteiger partial charge in [-0.05, 0) is 24.3 Å². The second-order valence-electron chi connectivity index (χ2n) is 4.08. The average Bonchev–Trinajstić information content (AvgIpc) is 2.70. The fourth-order valence-electron chi connectivity index (χ4n) is 1.69. The van der Waals surface area contributed by atoms with Crippen LogP contribution in [0.2, 0.25) is 0 Å². The minimum absolute atomic E-state index is 0.566. The molecule has 4 heteroatoms. The summed E-state index contributed by atoms with van der Waals surface area (Å²) in [5.41, 5.74) is 2.72. The quantitative estimate of drug-likeness (QED) is 0.787. The predicted molar refractivity (Wildman–Crippen MR) is 67.7 cm³/mol. The highest BCUT2D eigenvalue weighted by Gasteiger charge is 2.08. The molecule has 0 atom stereocenters. The van der Waals surface area contributed by atoms with Gasteiger partial charge in [-0.1, -0.05) is 0 Å². The van der Waals surface area contributed by atoms with Crippen LogP contribution >= 0.6 is 0 Å². The van der Waals surface area contributed by atoms with E-state index in [2.05, 4.69) is 11.1 Å². The zero-order chi connectivity index (χ0) is 12.4. The Morgan fingerprint density at radius 3 is 2.35 bits per heavy atom. The monoisotopic (exact) mass is 226 g/mol. The van der Waals surface area contributed by atoms with E-state index < -0.39 is 0 Å². The highest BCUT2D eigenvalue weighted by atomic mass is 15.1. The SMILES string of the molecule is CN(C)c1ccc(-c2ncc(C#N)n2C)cc1. The molecular weight excluding hydrogens is 212 g/mol. The number of rotatable bonds is 2. The summed E-state index contributed by atoms with van der Waals surface area (Å²) < 4.78 is 1.80. The van der Waals surface area contributed by atoms with Crippen molar-refractivity contribution in [2.24, 2.45) is 7.05 Å². The van der Waals surface area contributed by atoms with Crippen molar-refractivity contribution in [2.45, 2.75) is 0 Å². The lowest BCUT2D eigenvalue weighted by Crippen LogP contribution is -2.08. The molecule has 2 aromatic rings. The van der Waals surface area contributed by atoms with Crippen molar-refractivity contribution >= 4 is 5.69 Å². The number of imidazole rings is 1. The molecule has 0 aliphatic carbocycles. The first-order chi connectivity index (χ1) is 8.13. The molecule has 0 amide bonds. The molecular formula is C13H14N4. The van der Waals surface area contributed by atoms with Gasteiger partial charge in [0.2, 0.25) is 0 Å². The van der Waals surface area contributed by atoms with Gasteiger partial charge in [-0.15, -0.1) is 0 Å². The first kappa shape index (κ1) is 11.2. The highest BCUT2D eigenvalue weighted by molar-refractivity contribution is 5.61. The van der Waals surface area contributed by atoms with Crippen LogP contribution in [0.4, 0.5) is 5.69 Å². The van der Waals surface area contributed by atoms with Crippen LogP contribution in [0.1, 0.15) is 5.69 Å². The first-order valence-electron chi connectivity index (χ1n) is 5.33. The maximum Gasteiger partial charge on any atom is 0.140 e. The maximum absolute atomic E-state index is 8.88. The van der Waals surface area contributed by atoms with Crippen molar-refractivity contribution in [3.05, 3.63) is 36.2 Å². The second kappa shape index (κ2) is 4.30. The summed E-state index contributed by atoms with van der Waals surface area (Å²) in [6, 6.07) is 10.2. The summed E-state index contributed by atoms with van der Waals surface area (Å²) in [4.78, 5) is 6.30. The normalized spacial score (nSPS) is 10.0. The third-order valence-corrected chi connectivity index (χ3v) is 2.74. The second-order valence-corrected chi connectivity index (χ2v) is 4.08. The molecule has 1 aromatic carbocycles. The van der Waals surface area contributed by atoms with Gasteiger partial charge in [0.15, 0.2) is 0 Å². The lowest BCUT2D eigenvalue weighted by Gasteiger charge is -2.12. The minimum Gasteiger partial charge on any atom is -0.378 e. The van der Waals surface area contributed by atoms with E-state index in [4.69, 9.17) is 5.26 Å². The van der Waals surface area contributed by atoms with Gasteiger partial charge in [0.05, 0.1) is 6.20 Å². The van der Waals surface area contributed by atoms with Crippen molar-refractivity contribution in [2.75, 3.05) is 19.0 Å². The van der Waals surface area contributed by atoms with Crippen molar-refractivity contribution < 1.29 is 0 Å². The van der Waals surface area contributed by atoms with Gasteiger partial charge in [0, 0.05) is 32.4 Å². The van der Waals surface area contributed by atoms with Crippen LogP contribution in [0.15, 0.2) is 30.5 Å². The summed E-state index contributed by atoms with van der Waals surface area (Å²) in [6.45, 7) is 0. The summed E-state index contributed by atoms with van der Waals surface area (Å²) in [6.07, 6.45) is 1.59. The Morgan fingerprint density at radius 1 is 1.24 bits per heavy atom. The molecule has 0 N–H and O–H groups in total. The Balaban J connectivity index is 2.40. The standard InChI is InChI=1S/C13H14N4/c1-16(2)11-6-4-10(5-7-11)13-15-9-12(8-14)17(13)3/h4-7,9H,1-3H3. The van der Waals surface area contributed by atoms with E-state index >= 15 is 0 Å². The van der Waals surface area contributed by atoms with Crippen LogP contribution < -0.4 is 4.90 Å². The fourth-order valence-corrected chi connectivity index (χ4v) is 1.69. The number of hydrogen-bond donors (Lipinski definition) is 0. The molecule has 2 rings (SSSR count). The molecule has 0 aliphatic heterocycles. The topological polar surface area (TPSA) is 44.9 Å². The Hall–Kier alpha value is -2.28. The van der Waals surface area contributed by atoms with Crippen LogP contribution in [0.3, 0.4) is 0 Å². The molecule has 0 fully saturated rings. The number of anilines is 1. The van der Waals surface area contributed by atoms with Gasteiger partial charge in [0.1, 0.15) is 17.6 Å². The smallest absolute Gasteiger partial charge is 0.140 e. The van der Waals surface area contributed by atoms with Crippen molar-refractivity contribution in [1.29, 1.82) is 5.26 Å². The van der Waals surface area contributed by atoms with E-state index in [1.54, 1.807) is 10.8 Å². The van der Waals surface area contributed by atoms with Crippen LogP contribution in [-0.4, -0.2) is 23.6 Å². The molecule has 0 spiro atoms. The molecule has 0 radical (unpaired) electrons. The Morgan fingerprint density at radius 2 is 1.88 bits per heavy atom. The third kappa shape index (κ3) is 2.00. The summed E-state index contributed by atoms with van der Waals surface area (Å²) >= 11 is 0. The Labute approximate surface area is 101 Å². The molecule has 0 saturated carbocycles. The molecule has 4 nitrogen and oxygen atoms in total. The van der Waals surface area contributed by atoms with E-state index in [0.29, 0.717) is 5.69 Å². The number of aromatic nitrogens is 2. The molecule has 0 aliphatic rings. The zero-order valence-electron chi connectivity index (χ0n) is 10.2. The van der Waals surface area contributed by atoms with Crippen molar-refractivity contribution in [3.8, 4) is 17.5 Å². The maximum atomic E-state index is 8.88. The third-order valence-electron chi connectivity index (χ3n) is 2.74. The predicted octanol–water partition coefficient (Wildman–Crippen LogP) is 2.02. The molecule has 1 heterocycles. The average molecular weight is 226 g/mol. The zero-order valence-corrected chi connectivity index (χ0v) is 10.2. The van der Waals surface area contributed by atoms with Crippen LogP contribution in [-0.2, 0) is 7.05 Å². The van der Waals surface area contributed by atoms with Gasteiger partial charge in [0.25, 0.3) is 0 Å². The molecule has 0 bridgehead atoms. The van der Waals surface area contributed by atoms with Crippen LogP contribution in [0.5, 0.6) is 0 Å². The minimum atomic E-state index is 0.566. The van der Waals surface area contributed by atoms with E-state index in [0.717, 1.165) is 17.1 Å². The van der Waals surface area contributed by atoms with E-state index in [9.17, 15) is 0 Å². The van der Waals surface area contributed by atoms with E-state index in [-0.39, 0.29) is 0 Å². The lowest BCUT2D eigenvalue weighted by atomic mass is 10.2. The van der Waals surface area contributed by atoms with Crippen LogP contribution in [0.25, 0.3) is 11.4 Å². The fraction of sp³-hybridized carbons (Fsp3) is 0.231. The number of benzene rings is 1. The number of hydrogen-bond acceptors (Lipinski definition) is 3. The van der Waals surface area contributed by atoms with Gasteiger partial charge >= 0.3 is 0 Å². The van der Waals surface area contributed by atoms with E-state index in [1.807, 2.05) is 50.3 Å². The summed E-state index contributed by atoms with van der Waals surface area (Å²) in [5, 5.41) is 8.88.